The SMILES string of the molecule is C[C@@H](NC(=O)[C@@H](CC(=O)c1ccc(C(C)(C)C)s1)Cc1ccc(-c2ncc(-c3ccc(O)c(F)c3)cn2)cc1)C(=O)OC(C)(C)C.C[C@@H](NC(=O)[C@@H](CC(=O)c1ccc(C(C)(C)C)s1)Cc1ccc(-c2ncc(Br)cn2)cc1)C(=O)OC(C)(C)C. The summed E-state index contributed by atoms with van der Waals surface area (Å²) in [6.45, 7) is 26.3. The lowest BCUT2D eigenvalue weighted by atomic mass is 9.92. The summed E-state index contributed by atoms with van der Waals surface area (Å²) < 4.78 is 25.4. The van der Waals surface area contributed by atoms with Gasteiger partial charge in [-0.15, -0.1) is 22.7 Å². The van der Waals surface area contributed by atoms with Crippen molar-refractivity contribution in [3.05, 3.63) is 157 Å². The fraction of sp³-hybridized carbons (Fsp3) is 0.394. The van der Waals surface area contributed by atoms with E-state index < -0.39 is 64.5 Å². The second kappa shape index (κ2) is 28.2. The Labute approximate surface area is 514 Å². The number of benzene rings is 3. The number of carbonyl (C=O) groups excluding carboxylic acids is 6. The summed E-state index contributed by atoms with van der Waals surface area (Å²) in [6.07, 6.45) is 7.12. The summed E-state index contributed by atoms with van der Waals surface area (Å²) in [4.78, 5) is 99.5. The third-order valence-corrected chi connectivity index (χ3v) is 16.5. The number of hydrogen-bond acceptors (Lipinski definition) is 15. The number of esters is 2. The van der Waals surface area contributed by atoms with Crippen LogP contribution in [0.5, 0.6) is 5.75 Å². The summed E-state index contributed by atoms with van der Waals surface area (Å²) in [6, 6.07) is 24.9. The van der Waals surface area contributed by atoms with Gasteiger partial charge in [-0.1, -0.05) is 96.1 Å². The lowest BCUT2D eigenvalue weighted by Crippen LogP contribution is -2.45. The van der Waals surface area contributed by atoms with E-state index in [1.54, 1.807) is 86.2 Å². The average Bonchev–Trinajstić information content (AvgIpc) is 4.29. The van der Waals surface area contributed by atoms with Crippen LogP contribution < -0.4 is 10.6 Å². The molecule has 0 aliphatic rings. The number of halogens is 2. The van der Waals surface area contributed by atoms with Crippen molar-refractivity contribution < 1.29 is 47.7 Å². The molecule has 3 aromatic carbocycles. The van der Waals surface area contributed by atoms with E-state index in [1.165, 1.54) is 34.8 Å². The Morgan fingerprint density at radius 2 is 0.894 bits per heavy atom. The van der Waals surface area contributed by atoms with Gasteiger partial charge in [0.1, 0.15) is 23.3 Å². The molecular formula is C66H76BrFN6O9S2. The maximum atomic E-state index is 13.8. The smallest absolute Gasteiger partial charge is 0.328 e. The van der Waals surface area contributed by atoms with Crippen molar-refractivity contribution in [2.75, 3.05) is 0 Å². The van der Waals surface area contributed by atoms with E-state index in [4.69, 9.17) is 9.47 Å². The van der Waals surface area contributed by atoms with Crippen LogP contribution in [-0.2, 0) is 52.3 Å². The third kappa shape index (κ3) is 20.1. The van der Waals surface area contributed by atoms with Gasteiger partial charge in [0.25, 0.3) is 0 Å². The highest BCUT2D eigenvalue weighted by molar-refractivity contribution is 9.10. The van der Waals surface area contributed by atoms with Gasteiger partial charge in [0.2, 0.25) is 11.8 Å². The fourth-order valence-corrected chi connectivity index (χ4v) is 10.7. The molecule has 0 aliphatic carbocycles. The molecule has 0 aliphatic heterocycles. The maximum absolute atomic E-state index is 13.8. The average molecular weight is 1260 g/mol. The Balaban J connectivity index is 0.000000276. The molecule has 0 radical (unpaired) electrons. The predicted molar refractivity (Wildman–Crippen MR) is 335 cm³/mol. The second-order valence-corrected chi connectivity index (χ2v) is 28.1. The van der Waals surface area contributed by atoms with Gasteiger partial charge in [-0.2, -0.15) is 0 Å². The lowest BCUT2D eigenvalue weighted by Gasteiger charge is -2.24. The molecule has 0 unspecified atom stereocenters. The number of aromatic nitrogens is 4. The summed E-state index contributed by atoms with van der Waals surface area (Å²) in [7, 11) is 0. The number of hydrogen-bond donors (Lipinski definition) is 3. The molecule has 4 atom stereocenters. The van der Waals surface area contributed by atoms with Crippen molar-refractivity contribution in [3.63, 3.8) is 0 Å². The first-order chi connectivity index (χ1) is 39.6. The van der Waals surface area contributed by atoms with Gasteiger partial charge in [-0.05, 0) is 148 Å². The van der Waals surface area contributed by atoms with Gasteiger partial charge >= 0.3 is 11.9 Å². The molecule has 0 fully saturated rings. The van der Waals surface area contributed by atoms with Gasteiger partial charge in [-0.3, -0.25) is 19.2 Å². The molecule has 19 heteroatoms. The van der Waals surface area contributed by atoms with Gasteiger partial charge in [0.15, 0.2) is 34.8 Å². The Kier molecular flexibility index (Phi) is 22.2. The lowest BCUT2D eigenvalue weighted by molar-refractivity contribution is -0.159. The van der Waals surface area contributed by atoms with Crippen molar-refractivity contribution in [2.24, 2.45) is 11.8 Å². The molecule has 4 heterocycles. The van der Waals surface area contributed by atoms with Crippen molar-refractivity contribution in [2.45, 2.75) is 157 Å². The summed E-state index contributed by atoms with van der Waals surface area (Å²) in [5.41, 5.74) is 2.87. The maximum Gasteiger partial charge on any atom is 0.328 e. The third-order valence-electron chi connectivity index (χ3n) is 13.0. The van der Waals surface area contributed by atoms with Crippen LogP contribution in [-0.4, -0.2) is 83.6 Å². The van der Waals surface area contributed by atoms with E-state index in [-0.39, 0.29) is 47.6 Å². The van der Waals surface area contributed by atoms with E-state index in [0.29, 0.717) is 39.0 Å². The molecule has 0 saturated carbocycles. The van der Waals surface area contributed by atoms with Gasteiger partial charge in [-0.25, -0.2) is 33.9 Å². The standard InChI is InChI=1S/C36H40FN3O5S.C30H36BrN3O4S/c1-21(34(44)45-36(5,6)7)40-33(43)25(18-29(42)30-14-15-31(46-30)35(2,3)4)16-22-8-10-23(11-9-22)32-38-19-26(20-39-32)24-12-13-28(41)27(37)17-24;1-18(28(37)38-30(5,6)7)34-27(36)21(15-23(35)24-12-13-25(39-24)29(2,3)4)14-19-8-10-20(11-9-19)26-32-16-22(31)17-33-26/h8-15,17,19-21,25,41H,16,18H2,1-7H3,(H,40,43);8-13,16-18,21H,14-15H2,1-7H3,(H,34,36)/t21-,25-;18-,21-/m11/s1. The first-order valence-electron chi connectivity index (χ1n) is 27.9. The van der Waals surface area contributed by atoms with Crippen LogP contribution in [0.1, 0.15) is 150 Å². The first-order valence-corrected chi connectivity index (χ1v) is 30.4. The molecule has 7 aromatic rings. The highest BCUT2D eigenvalue weighted by atomic mass is 79.9. The minimum atomic E-state index is -0.890. The number of nitrogens with zero attached hydrogens (tertiary/aromatic N) is 4. The predicted octanol–water partition coefficient (Wildman–Crippen LogP) is 13.8. The molecule has 3 N–H and O–H groups in total. The highest BCUT2D eigenvalue weighted by Crippen LogP contribution is 2.33. The fourth-order valence-electron chi connectivity index (χ4n) is 8.43. The Morgan fingerprint density at radius 1 is 0.529 bits per heavy atom. The van der Waals surface area contributed by atoms with Crippen LogP contribution in [0.4, 0.5) is 4.39 Å². The van der Waals surface area contributed by atoms with Gasteiger partial charge in [0, 0.05) is 75.9 Å². The van der Waals surface area contributed by atoms with Crippen LogP contribution in [0.25, 0.3) is 33.9 Å². The molecule has 0 spiro atoms. The highest BCUT2D eigenvalue weighted by Gasteiger charge is 2.32. The molecular weight excluding hydrogens is 1180 g/mol. The Bertz CT molecular complexity index is 3470. The number of phenolic OH excluding ortho intramolecular Hbond substituents is 1. The van der Waals surface area contributed by atoms with Crippen LogP contribution in [0, 0.1) is 17.7 Å². The summed E-state index contributed by atoms with van der Waals surface area (Å²) >= 11 is 6.23. The second-order valence-electron chi connectivity index (χ2n) is 25.0. The zero-order valence-corrected chi connectivity index (χ0v) is 53.9. The Morgan fingerprint density at radius 3 is 1.24 bits per heavy atom. The number of carbonyl (C=O) groups is 6. The minimum absolute atomic E-state index is 0.0224. The summed E-state index contributed by atoms with van der Waals surface area (Å²) in [5, 5.41) is 15.0. The van der Waals surface area contributed by atoms with Crippen LogP contribution >= 0.6 is 38.6 Å². The van der Waals surface area contributed by atoms with Crippen LogP contribution in [0.15, 0.2) is 120 Å². The number of ether oxygens (including phenoxy) is 2. The number of rotatable bonds is 19. The monoisotopic (exact) mass is 1260 g/mol. The molecule has 85 heavy (non-hydrogen) atoms. The van der Waals surface area contributed by atoms with E-state index in [9.17, 15) is 38.3 Å². The number of aromatic hydroxyl groups is 1. The normalized spacial score (nSPS) is 13.3. The molecule has 450 valence electrons. The van der Waals surface area contributed by atoms with Crippen molar-refractivity contribution in [1.82, 2.24) is 30.6 Å². The van der Waals surface area contributed by atoms with E-state index in [0.717, 1.165) is 36.5 Å². The summed E-state index contributed by atoms with van der Waals surface area (Å²) in [5.74, 6) is -3.59. The van der Waals surface area contributed by atoms with Crippen LogP contribution in [0.3, 0.4) is 0 Å². The number of Topliss-reactive ketones (excluding diaryl/α,β-unsaturated/α-hetero) is 2. The molecule has 4 aromatic heterocycles. The molecule has 0 bridgehead atoms. The quantitative estimate of drug-likeness (QED) is 0.0508. The number of nitrogens with one attached hydrogen (secondary N) is 2. The molecule has 2 amide bonds. The van der Waals surface area contributed by atoms with Crippen molar-refractivity contribution >= 4 is 73.9 Å². The molecule has 0 saturated heterocycles. The zero-order valence-electron chi connectivity index (χ0n) is 50.7. The number of thiophene rings is 2. The van der Waals surface area contributed by atoms with Crippen molar-refractivity contribution in [3.8, 4) is 39.7 Å². The molecule has 7 rings (SSSR count). The largest absolute Gasteiger partial charge is 0.505 e. The topological polar surface area (TPSA) is 217 Å². The first kappa shape index (κ1) is 66.8. The van der Waals surface area contributed by atoms with Gasteiger partial charge in [0.05, 0.1) is 14.2 Å². The number of ketones is 2. The van der Waals surface area contributed by atoms with Gasteiger partial charge < -0.3 is 25.2 Å². The number of amides is 2. The minimum Gasteiger partial charge on any atom is -0.505 e. The molecule has 15 nitrogen and oxygen atoms in total. The Hall–Kier alpha value is -7.35. The van der Waals surface area contributed by atoms with E-state index in [2.05, 4.69) is 88.0 Å². The number of phenols is 1. The van der Waals surface area contributed by atoms with Crippen LogP contribution in [0.2, 0.25) is 0 Å². The van der Waals surface area contributed by atoms with E-state index >= 15 is 0 Å². The van der Waals surface area contributed by atoms with Crippen molar-refractivity contribution in [1.29, 1.82) is 0 Å². The zero-order chi connectivity index (χ0) is 62.8. The van der Waals surface area contributed by atoms with E-state index in [1.807, 2.05) is 72.8 Å².